The minimum absolute atomic E-state index is 0.822. The Morgan fingerprint density at radius 1 is 0.944 bits per heavy atom. The van der Waals surface area contributed by atoms with E-state index >= 15 is 0 Å². The van der Waals surface area contributed by atoms with Crippen LogP contribution >= 0.6 is 31.9 Å². The Labute approximate surface area is 125 Å². The van der Waals surface area contributed by atoms with E-state index in [1.807, 2.05) is 18.2 Å². The summed E-state index contributed by atoms with van der Waals surface area (Å²) >= 11 is 7.11. The van der Waals surface area contributed by atoms with Crippen LogP contribution in [-0.4, -0.2) is 0 Å². The minimum atomic E-state index is 0.822. The number of para-hydroxylation sites is 1. The van der Waals surface area contributed by atoms with Gasteiger partial charge in [-0.2, -0.15) is 0 Å². The van der Waals surface area contributed by atoms with Gasteiger partial charge in [-0.1, -0.05) is 24.3 Å². The Bertz CT molecular complexity index is 544. The molecule has 0 aliphatic heterocycles. The first-order valence-electron chi connectivity index (χ1n) is 5.82. The van der Waals surface area contributed by atoms with Gasteiger partial charge in [0.1, 0.15) is 0 Å². The number of halogens is 2. The topological polar surface area (TPSA) is 12.0 Å². The van der Waals surface area contributed by atoms with Crippen molar-refractivity contribution in [3.05, 3.63) is 62.0 Å². The summed E-state index contributed by atoms with van der Waals surface area (Å²) in [5, 5.41) is 3.45. The second-order valence-electron chi connectivity index (χ2n) is 4.37. The maximum Gasteiger partial charge on any atom is 0.0631 e. The molecule has 1 N–H and O–H groups in total. The summed E-state index contributed by atoms with van der Waals surface area (Å²) in [6.07, 6.45) is 0. The van der Waals surface area contributed by atoms with Gasteiger partial charge in [0.2, 0.25) is 0 Å². The van der Waals surface area contributed by atoms with Gasteiger partial charge in [0.25, 0.3) is 0 Å². The number of rotatable bonds is 3. The average molecular weight is 369 g/mol. The number of aryl methyl sites for hydroxylation is 2. The number of nitrogens with one attached hydrogen (secondary N) is 1. The Balaban J connectivity index is 2.14. The highest BCUT2D eigenvalue weighted by Gasteiger charge is 2.04. The van der Waals surface area contributed by atoms with Gasteiger partial charge in [0.05, 0.1) is 5.69 Å². The van der Waals surface area contributed by atoms with Gasteiger partial charge < -0.3 is 5.32 Å². The molecular weight excluding hydrogens is 354 g/mol. The molecule has 0 unspecified atom stereocenters. The fraction of sp³-hybridized carbons (Fsp3) is 0.200. The predicted octanol–water partition coefficient (Wildman–Crippen LogP) is 5.44. The smallest absolute Gasteiger partial charge is 0.0631 e. The van der Waals surface area contributed by atoms with E-state index in [9.17, 15) is 0 Å². The summed E-state index contributed by atoms with van der Waals surface area (Å²) in [6, 6.07) is 12.6. The van der Waals surface area contributed by atoms with E-state index in [2.05, 4.69) is 69.2 Å². The number of hydrogen-bond donors (Lipinski definition) is 1. The van der Waals surface area contributed by atoms with Crippen molar-refractivity contribution in [1.29, 1.82) is 0 Å². The molecular formula is C15H15Br2N. The standard InChI is InChI=1S/C15H15Br2N/c1-10-6-7-12(8-11(10)2)9-18-15-13(16)4-3-5-14(15)17/h3-8,18H,9H2,1-2H3. The fourth-order valence-corrected chi connectivity index (χ4v) is 3.05. The molecule has 0 bridgehead atoms. The summed E-state index contributed by atoms with van der Waals surface area (Å²) in [5.74, 6) is 0. The second kappa shape index (κ2) is 5.89. The number of anilines is 1. The van der Waals surface area contributed by atoms with Gasteiger partial charge in [-0.25, -0.2) is 0 Å². The lowest BCUT2D eigenvalue weighted by Gasteiger charge is -2.11. The van der Waals surface area contributed by atoms with Crippen molar-refractivity contribution in [3.8, 4) is 0 Å². The van der Waals surface area contributed by atoms with Crippen molar-refractivity contribution in [3.63, 3.8) is 0 Å². The van der Waals surface area contributed by atoms with Crippen LogP contribution in [0.4, 0.5) is 5.69 Å². The molecule has 18 heavy (non-hydrogen) atoms. The predicted molar refractivity (Wildman–Crippen MR) is 85.1 cm³/mol. The van der Waals surface area contributed by atoms with Crippen LogP contribution in [0.25, 0.3) is 0 Å². The molecule has 2 rings (SSSR count). The van der Waals surface area contributed by atoms with Crippen LogP contribution in [0.2, 0.25) is 0 Å². The number of benzene rings is 2. The van der Waals surface area contributed by atoms with E-state index in [1.165, 1.54) is 16.7 Å². The van der Waals surface area contributed by atoms with Crippen LogP contribution < -0.4 is 5.32 Å². The largest absolute Gasteiger partial charge is 0.379 e. The van der Waals surface area contributed by atoms with Crippen LogP contribution in [0.3, 0.4) is 0 Å². The average Bonchev–Trinajstić information content (AvgIpc) is 2.33. The normalized spacial score (nSPS) is 10.4. The first-order chi connectivity index (χ1) is 8.58. The molecule has 0 atom stereocenters. The molecule has 0 saturated carbocycles. The summed E-state index contributed by atoms with van der Waals surface area (Å²) in [6.45, 7) is 5.10. The third-order valence-electron chi connectivity index (χ3n) is 3.00. The zero-order chi connectivity index (χ0) is 13.1. The summed E-state index contributed by atoms with van der Waals surface area (Å²) in [7, 11) is 0. The van der Waals surface area contributed by atoms with E-state index in [0.29, 0.717) is 0 Å². The van der Waals surface area contributed by atoms with Crippen molar-refractivity contribution in [2.24, 2.45) is 0 Å². The summed E-state index contributed by atoms with van der Waals surface area (Å²) in [5.41, 5.74) is 5.05. The molecule has 0 saturated heterocycles. The highest BCUT2D eigenvalue weighted by molar-refractivity contribution is 9.11. The van der Waals surface area contributed by atoms with Gasteiger partial charge in [-0.15, -0.1) is 0 Å². The maximum atomic E-state index is 3.55. The van der Waals surface area contributed by atoms with E-state index in [-0.39, 0.29) is 0 Å². The van der Waals surface area contributed by atoms with Crippen LogP contribution in [0.5, 0.6) is 0 Å². The molecule has 0 amide bonds. The van der Waals surface area contributed by atoms with Crippen molar-refractivity contribution >= 4 is 37.5 Å². The fourth-order valence-electron chi connectivity index (χ4n) is 1.77. The zero-order valence-corrected chi connectivity index (χ0v) is 13.6. The Morgan fingerprint density at radius 3 is 2.22 bits per heavy atom. The Hall–Kier alpha value is -0.800. The highest BCUT2D eigenvalue weighted by atomic mass is 79.9. The molecule has 0 heterocycles. The molecule has 1 nitrogen and oxygen atoms in total. The molecule has 0 aliphatic carbocycles. The first kappa shape index (κ1) is 13.6. The first-order valence-corrected chi connectivity index (χ1v) is 7.40. The van der Waals surface area contributed by atoms with E-state index in [1.54, 1.807) is 0 Å². The third-order valence-corrected chi connectivity index (χ3v) is 4.33. The second-order valence-corrected chi connectivity index (χ2v) is 6.08. The van der Waals surface area contributed by atoms with Crippen LogP contribution in [0, 0.1) is 13.8 Å². The molecule has 2 aromatic rings. The van der Waals surface area contributed by atoms with Gasteiger partial charge in [-0.05, 0) is 74.5 Å². The van der Waals surface area contributed by atoms with Gasteiger partial charge in [0.15, 0.2) is 0 Å². The Morgan fingerprint density at radius 2 is 1.61 bits per heavy atom. The summed E-state index contributed by atoms with van der Waals surface area (Å²) < 4.78 is 2.14. The monoisotopic (exact) mass is 367 g/mol. The highest BCUT2D eigenvalue weighted by Crippen LogP contribution is 2.30. The van der Waals surface area contributed by atoms with Crippen LogP contribution in [0.15, 0.2) is 45.3 Å². The van der Waals surface area contributed by atoms with Crippen molar-refractivity contribution in [1.82, 2.24) is 0 Å². The quantitative estimate of drug-likeness (QED) is 0.760. The molecule has 2 aromatic carbocycles. The van der Waals surface area contributed by atoms with Crippen molar-refractivity contribution in [2.75, 3.05) is 5.32 Å². The van der Waals surface area contributed by atoms with Crippen LogP contribution in [-0.2, 0) is 6.54 Å². The lowest BCUT2D eigenvalue weighted by Crippen LogP contribution is -2.01. The van der Waals surface area contributed by atoms with Crippen molar-refractivity contribution < 1.29 is 0 Å². The number of hydrogen-bond acceptors (Lipinski definition) is 1. The SMILES string of the molecule is Cc1ccc(CNc2c(Br)cccc2Br)cc1C. The Kier molecular flexibility index (Phi) is 4.46. The van der Waals surface area contributed by atoms with Crippen LogP contribution in [0.1, 0.15) is 16.7 Å². The van der Waals surface area contributed by atoms with Crippen molar-refractivity contribution in [2.45, 2.75) is 20.4 Å². The lowest BCUT2D eigenvalue weighted by atomic mass is 10.1. The molecule has 0 radical (unpaired) electrons. The van der Waals surface area contributed by atoms with E-state index in [0.717, 1.165) is 21.2 Å². The third kappa shape index (κ3) is 3.15. The van der Waals surface area contributed by atoms with Gasteiger partial charge in [-0.3, -0.25) is 0 Å². The molecule has 0 aromatic heterocycles. The van der Waals surface area contributed by atoms with E-state index in [4.69, 9.17) is 0 Å². The molecule has 0 aliphatic rings. The minimum Gasteiger partial charge on any atom is -0.379 e. The molecule has 3 heteroatoms. The molecule has 0 fully saturated rings. The van der Waals surface area contributed by atoms with Gasteiger partial charge >= 0.3 is 0 Å². The summed E-state index contributed by atoms with van der Waals surface area (Å²) in [4.78, 5) is 0. The molecule has 94 valence electrons. The zero-order valence-electron chi connectivity index (χ0n) is 10.4. The van der Waals surface area contributed by atoms with E-state index < -0.39 is 0 Å². The van der Waals surface area contributed by atoms with Gasteiger partial charge in [0, 0.05) is 15.5 Å². The molecule has 0 spiro atoms. The lowest BCUT2D eigenvalue weighted by molar-refractivity contribution is 1.13. The maximum absolute atomic E-state index is 3.55.